The van der Waals surface area contributed by atoms with Crippen LogP contribution in [0.4, 0.5) is 5.69 Å². The third kappa shape index (κ3) is 4.06. The van der Waals surface area contributed by atoms with E-state index in [-0.39, 0.29) is 10.8 Å². The maximum atomic E-state index is 12.9. The van der Waals surface area contributed by atoms with Crippen LogP contribution in [0.25, 0.3) is 0 Å². The molecule has 5 nitrogen and oxygen atoms in total. The Morgan fingerprint density at radius 1 is 1.15 bits per heavy atom. The number of aryl methyl sites for hydroxylation is 1. The number of amides is 1. The number of benzene rings is 1. The Labute approximate surface area is 163 Å². The van der Waals surface area contributed by atoms with Crippen molar-refractivity contribution in [3.8, 4) is 0 Å². The molecule has 1 N–H and O–H groups in total. The van der Waals surface area contributed by atoms with Crippen molar-refractivity contribution in [3.63, 3.8) is 0 Å². The second-order valence-corrected chi connectivity index (χ2v) is 10.1. The number of nitrogens with zero attached hydrogens (tertiary/aromatic N) is 1. The molecule has 2 fully saturated rings. The van der Waals surface area contributed by atoms with Crippen LogP contribution in [-0.4, -0.2) is 31.7 Å². The summed E-state index contributed by atoms with van der Waals surface area (Å²) in [4.78, 5) is 12.9. The van der Waals surface area contributed by atoms with Gasteiger partial charge < -0.3 is 5.32 Å². The van der Waals surface area contributed by atoms with Crippen LogP contribution >= 0.6 is 0 Å². The zero-order valence-corrected chi connectivity index (χ0v) is 17.7. The molecule has 6 heteroatoms. The summed E-state index contributed by atoms with van der Waals surface area (Å²) < 4.78 is 27.2. The van der Waals surface area contributed by atoms with E-state index in [4.69, 9.17) is 0 Å². The van der Waals surface area contributed by atoms with Gasteiger partial charge >= 0.3 is 0 Å². The number of carbonyl (C=O) groups is 1. The molecule has 27 heavy (non-hydrogen) atoms. The third-order valence-corrected chi connectivity index (χ3v) is 8.62. The van der Waals surface area contributed by atoms with Crippen molar-refractivity contribution < 1.29 is 13.2 Å². The lowest BCUT2D eigenvalue weighted by Crippen LogP contribution is -2.30. The highest BCUT2D eigenvalue weighted by Gasteiger charge is 2.40. The molecule has 2 bridgehead atoms. The van der Waals surface area contributed by atoms with Crippen molar-refractivity contribution in [3.05, 3.63) is 23.3 Å². The minimum absolute atomic E-state index is 0.00689. The molecule has 1 aromatic rings. The van der Waals surface area contributed by atoms with Gasteiger partial charge in [0.25, 0.3) is 0 Å². The Hall–Kier alpha value is -1.40. The summed E-state index contributed by atoms with van der Waals surface area (Å²) in [6.45, 7) is 8.34. The molecule has 0 unspecified atom stereocenters. The summed E-state index contributed by atoms with van der Waals surface area (Å²) in [5.74, 6) is 2.03. The summed E-state index contributed by atoms with van der Waals surface area (Å²) >= 11 is 0. The first-order valence-electron chi connectivity index (χ1n) is 10.2. The molecular weight excluding hydrogens is 360 g/mol. The predicted octanol–water partition coefficient (Wildman–Crippen LogP) is 4.10. The molecule has 150 valence electrons. The molecule has 0 spiro atoms. The fraction of sp³-hybridized carbons (Fsp3) is 0.667. The van der Waals surface area contributed by atoms with E-state index in [0.717, 1.165) is 17.0 Å². The molecule has 3 atom stereocenters. The lowest BCUT2D eigenvalue weighted by atomic mass is 9.86. The SMILES string of the molecule is CCN(CC)S(=O)(=O)c1cc(C)c(C)c(NC(=O)C[C@H]2C[C@H]3CC[C@@H]2C3)c1. The lowest BCUT2D eigenvalue weighted by molar-refractivity contribution is -0.117. The topological polar surface area (TPSA) is 66.5 Å². The molecule has 1 aromatic carbocycles. The smallest absolute Gasteiger partial charge is 0.243 e. The van der Waals surface area contributed by atoms with E-state index in [2.05, 4.69) is 5.32 Å². The Morgan fingerprint density at radius 3 is 2.41 bits per heavy atom. The van der Waals surface area contributed by atoms with Crippen LogP contribution in [-0.2, 0) is 14.8 Å². The molecule has 0 aromatic heterocycles. The Balaban J connectivity index is 1.79. The van der Waals surface area contributed by atoms with Gasteiger partial charge in [-0.15, -0.1) is 0 Å². The van der Waals surface area contributed by atoms with Gasteiger partial charge in [0.2, 0.25) is 15.9 Å². The number of fused-ring (bicyclic) bond motifs is 2. The molecule has 2 aliphatic rings. The van der Waals surface area contributed by atoms with Gasteiger partial charge in [0, 0.05) is 25.2 Å². The predicted molar refractivity (Wildman–Crippen MR) is 108 cm³/mol. The summed E-state index contributed by atoms with van der Waals surface area (Å²) in [7, 11) is -3.55. The molecule has 2 saturated carbocycles. The molecule has 1 amide bonds. The number of anilines is 1. The van der Waals surface area contributed by atoms with Crippen LogP contribution in [0.15, 0.2) is 17.0 Å². The highest BCUT2D eigenvalue weighted by Crippen LogP contribution is 2.49. The molecular formula is C21H32N2O3S. The van der Waals surface area contributed by atoms with Crippen molar-refractivity contribution in [2.75, 3.05) is 18.4 Å². The van der Waals surface area contributed by atoms with Crippen LogP contribution in [0.5, 0.6) is 0 Å². The maximum Gasteiger partial charge on any atom is 0.243 e. The minimum Gasteiger partial charge on any atom is -0.326 e. The zero-order valence-electron chi connectivity index (χ0n) is 16.9. The largest absolute Gasteiger partial charge is 0.326 e. The highest BCUT2D eigenvalue weighted by atomic mass is 32.2. The molecule has 0 heterocycles. The molecule has 3 rings (SSSR count). The first kappa shape index (κ1) is 20.3. The van der Waals surface area contributed by atoms with Crippen LogP contribution in [0.2, 0.25) is 0 Å². The van der Waals surface area contributed by atoms with Gasteiger partial charge in [-0.1, -0.05) is 20.3 Å². The van der Waals surface area contributed by atoms with E-state index >= 15 is 0 Å². The standard InChI is InChI=1S/C21H32N2O3S/c1-5-23(6-2)27(25,26)19-9-14(3)15(4)20(13-19)22-21(24)12-18-11-16-7-8-17(18)10-16/h9,13,16-18H,5-8,10-12H2,1-4H3,(H,22,24)/t16-,17+,18+/m0/s1. The first-order valence-corrected chi connectivity index (χ1v) is 11.6. The third-order valence-electron chi connectivity index (χ3n) is 6.59. The number of nitrogens with one attached hydrogen (secondary N) is 1. The van der Waals surface area contributed by atoms with Gasteiger partial charge in [0.15, 0.2) is 0 Å². The van der Waals surface area contributed by atoms with Gasteiger partial charge in [0.05, 0.1) is 4.90 Å². The van der Waals surface area contributed by atoms with Crippen molar-refractivity contribution >= 4 is 21.6 Å². The summed E-state index contributed by atoms with van der Waals surface area (Å²) in [6.07, 6.45) is 5.59. The number of hydrogen-bond acceptors (Lipinski definition) is 3. The van der Waals surface area contributed by atoms with E-state index in [0.29, 0.717) is 37.0 Å². The second kappa shape index (κ2) is 7.92. The number of sulfonamides is 1. The second-order valence-electron chi connectivity index (χ2n) is 8.19. The summed E-state index contributed by atoms with van der Waals surface area (Å²) in [6, 6.07) is 3.32. The van der Waals surface area contributed by atoms with Gasteiger partial charge in [-0.25, -0.2) is 8.42 Å². The van der Waals surface area contributed by atoms with Gasteiger partial charge in [-0.05, 0) is 74.1 Å². The quantitative estimate of drug-likeness (QED) is 0.760. The van der Waals surface area contributed by atoms with E-state index in [9.17, 15) is 13.2 Å². The van der Waals surface area contributed by atoms with Crippen LogP contribution in [0.3, 0.4) is 0 Å². The van der Waals surface area contributed by atoms with Crippen molar-refractivity contribution in [1.82, 2.24) is 4.31 Å². The van der Waals surface area contributed by atoms with Crippen LogP contribution < -0.4 is 5.32 Å². The highest BCUT2D eigenvalue weighted by molar-refractivity contribution is 7.89. The molecule has 0 saturated heterocycles. The average Bonchev–Trinajstić information content (AvgIpc) is 3.22. The van der Waals surface area contributed by atoms with Crippen LogP contribution in [0, 0.1) is 31.6 Å². The van der Waals surface area contributed by atoms with Gasteiger partial charge in [0.1, 0.15) is 0 Å². The number of rotatable bonds is 7. The Bertz CT molecular complexity index is 815. The fourth-order valence-corrected chi connectivity index (χ4v) is 6.45. The maximum absolute atomic E-state index is 12.9. The zero-order chi connectivity index (χ0) is 19.8. The number of hydrogen-bond donors (Lipinski definition) is 1. The minimum atomic E-state index is -3.55. The molecule has 0 radical (unpaired) electrons. The lowest BCUT2D eigenvalue weighted by Gasteiger charge is -2.22. The fourth-order valence-electron chi connectivity index (χ4n) is 4.88. The first-order chi connectivity index (χ1) is 12.8. The van der Waals surface area contributed by atoms with E-state index < -0.39 is 10.0 Å². The average molecular weight is 393 g/mol. The Kier molecular flexibility index (Phi) is 5.96. The normalized spacial score (nSPS) is 24.6. The van der Waals surface area contributed by atoms with Crippen LogP contribution in [0.1, 0.15) is 57.1 Å². The van der Waals surface area contributed by atoms with Crippen molar-refractivity contribution in [2.24, 2.45) is 17.8 Å². The summed E-state index contributed by atoms with van der Waals surface area (Å²) in [5.41, 5.74) is 2.42. The molecule has 0 aliphatic heterocycles. The number of carbonyl (C=O) groups excluding carboxylic acids is 1. The van der Waals surface area contributed by atoms with E-state index in [1.807, 2.05) is 27.7 Å². The van der Waals surface area contributed by atoms with E-state index in [1.165, 1.54) is 30.0 Å². The van der Waals surface area contributed by atoms with Crippen molar-refractivity contribution in [1.29, 1.82) is 0 Å². The monoisotopic (exact) mass is 392 g/mol. The Morgan fingerprint density at radius 2 is 1.85 bits per heavy atom. The summed E-state index contributed by atoms with van der Waals surface area (Å²) in [5, 5.41) is 3.00. The van der Waals surface area contributed by atoms with Gasteiger partial charge in [-0.2, -0.15) is 4.31 Å². The molecule has 2 aliphatic carbocycles. The van der Waals surface area contributed by atoms with Crippen molar-refractivity contribution in [2.45, 2.75) is 64.7 Å². The van der Waals surface area contributed by atoms with E-state index in [1.54, 1.807) is 12.1 Å². The van der Waals surface area contributed by atoms with Gasteiger partial charge in [-0.3, -0.25) is 4.79 Å².